The molecule has 0 rings (SSSR count). The summed E-state index contributed by atoms with van der Waals surface area (Å²) >= 11 is 5.94. The van der Waals surface area contributed by atoms with Gasteiger partial charge in [0.1, 0.15) is 0 Å². The molecule has 0 aliphatic heterocycles. The van der Waals surface area contributed by atoms with E-state index in [9.17, 15) is 0 Å². The first-order valence-corrected chi connectivity index (χ1v) is 5.00. The zero-order chi connectivity index (χ0) is 8.50. The molecule has 0 aliphatic carbocycles. The Morgan fingerprint density at radius 1 is 1.00 bits per heavy atom. The van der Waals surface area contributed by atoms with Crippen molar-refractivity contribution in [2.24, 2.45) is 0 Å². The molecule has 0 unspecified atom stereocenters. The SMILES string of the molecule is C[SH2+].C[SH2+].O=S(=O)([O-])[O-]. The fourth-order valence-corrected chi connectivity index (χ4v) is 0. The largest absolute Gasteiger partial charge is 0.759 e. The Morgan fingerprint density at radius 2 is 1.00 bits per heavy atom. The van der Waals surface area contributed by atoms with Crippen LogP contribution in [0, 0.1) is 0 Å². The zero-order valence-corrected chi connectivity index (χ0v) is 7.86. The van der Waals surface area contributed by atoms with E-state index in [0.717, 1.165) is 0 Å². The van der Waals surface area contributed by atoms with Gasteiger partial charge in [0, 0.05) is 10.4 Å². The van der Waals surface area contributed by atoms with Crippen LogP contribution in [0.2, 0.25) is 0 Å². The molecular formula is C2H10O4S3. The van der Waals surface area contributed by atoms with Gasteiger partial charge in [0.25, 0.3) is 0 Å². The lowest BCUT2D eigenvalue weighted by Crippen LogP contribution is -1.91. The zero-order valence-electron chi connectivity index (χ0n) is 5.04. The third-order valence-corrected chi connectivity index (χ3v) is 0. The fraction of sp³-hybridized carbons (Fsp3) is 1.00. The molecule has 0 saturated carbocycles. The molecule has 0 spiro atoms. The lowest BCUT2D eigenvalue weighted by atomic mass is 12.0. The summed E-state index contributed by atoms with van der Waals surface area (Å²) in [5.74, 6) is 0. The highest BCUT2D eigenvalue weighted by molar-refractivity contribution is 7.79. The van der Waals surface area contributed by atoms with Crippen molar-refractivity contribution in [2.45, 2.75) is 0 Å². The molecule has 9 heavy (non-hydrogen) atoms. The Bertz CT molecular complexity index is 97.0. The van der Waals surface area contributed by atoms with Crippen LogP contribution >= 0.6 is 0 Å². The van der Waals surface area contributed by atoms with Gasteiger partial charge in [-0.1, -0.05) is 0 Å². The molecule has 0 amide bonds. The van der Waals surface area contributed by atoms with E-state index in [2.05, 4.69) is 25.3 Å². The van der Waals surface area contributed by atoms with E-state index in [1.54, 1.807) is 12.5 Å². The van der Waals surface area contributed by atoms with Crippen molar-refractivity contribution in [1.29, 1.82) is 0 Å². The molecule has 4 nitrogen and oxygen atoms in total. The van der Waals surface area contributed by atoms with Crippen molar-refractivity contribution >= 4 is 35.7 Å². The molecule has 0 heterocycles. The van der Waals surface area contributed by atoms with Crippen molar-refractivity contribution in [2.75, 3.05) is 12.5 Å². The van der Waals surface area contributed by atoms with E-state index in [1.807, 2.05) is 0 Å². The van der Waals surface area contributed by atoms with Gasteiger partial charge in [-0.3, -0.25) is 8.42 Å². The summed E-state index contributed by atoms with van der Waals surface area (Å²) in [7, 11) is -5.17. The molecule has 60 valence electrons. The van der Waals surface area contributed by atoms with Gasteiger partial charge in [0.05, 0.1) is 12.5 Å². The average Bonchev–Trinajstić information content (AvgIpc) is 1.72. The predicted octanol–water partition coefficient (Wildman–Crippen LogP) is -2.08. The molecule has 0 aromatic heterocycles. The van der Waals surface area contributed by atoms with Crippen molar-refractivity contribution in [3.63, 3.8) is 0 Å². The van der Waals surface area contributed by atoms with Crippen LogP contribution in [-0.4, -0.2) is 30.0 Å². The maximum Gasteiger partial charge on any atom is 0.0929 e. The molecule has 0 atom stereocenters. The number of hydrogen-bond acceptors (Lipinski definition) is 4. The van der Waals surface area contributed by atoms with Crippen LogP contribution in [0.4, 0.5) is 0 Å². The highest BCUT2D eigenvalue weighted by Gasteiger charge is 1.49. The number of rotatable bonds is 0. The molecule has 0 aliphatic rings. The average molecular weight is 194 g/mol. The Hall–Kier alpha value is 0.570. The van der Waals surface area contributed by atoms with Crippen LogP contribution in [-0.2, 0) is 35.7 Å². The Kier molecular flexibility index (Phi) is 20.6. The normalized spacial score (nSPS) is 7.78. The lowest BCUT2D eigenvalue weighted by molar-refractivity contribution is 0.352. The van der Waals surface area contributed by atoms with E-state index in [-0.39, 0.29) is 0 Å². The van der Waals surface area contributed by atoms with Gasteiger partial charge in [0.15, 0.2) is 0 Å². The fourth-order valence-electron chi connectivity index (χ4n) is 0. The maximum atomic E-state index is 8.52. The highest BCUT2D eigenvalue weighted by atomic mass is 32.3. The summed E-state index contributed by atoms with van der Waals surface area (Å²) < 4.78 is 34.1. The highest BCUT2D eigenvalue weighted by Crippen LogP contribution is 1.57. The second kappa shape index (κ2) is 11.4. The van der Waals surface area contributed by atoms with Crippen LogP contribution < -0.4 is 0 Å². The van der Waals surface area contributed by atoms with E-state index in [0.29, 0.717) is 0 Å². The lowest BCUT2D eigenvalue weighted by Gasteiger charge is -2.06. The predicted molar refractivity (Wildman–Crippen MR) is 42.6 cm³/mol. The molecule has 0 bridgehead atoms. The van der Waals surface area contributed by atoms with Gasteiger partial charge < -0.3 is 9.11 Å². The second-order valence-electron chi connectivity index (χ2n) is 0.408. The first-order valence-electron chi connectivity index (χ1n) is 1.67. The summed E-state index contributed by atoms with van der Waals surface area (Å²) in [4.78, 5) is 0. The minimum absolute atomic E-state index is 1.81. The van der Waals surface area contributed by atoms with E-state index < -0.39 is 10.4 Å². The molecule has 0 aromatic carbocycles. The van der Waals surface area contributed by atoms with Gasteiger partial charge in [0.2, 0.25) is 0 Å². The molecular weight excluding hydrogens is 184 g/mol. The Morgan fingerprint density at radius 3 is 1.00 bits per heavy atom. The third kappa shape index (κ3) is 1140. The van der Waals surface area contributed by atoms with E-state index in [4.69, 9.17) is 17.5 Å². The van der Waals surface area contributed by atoms with Crippen LogP contribution in [0.1, 0.15) is 0 Å². The summed E-state index contributed by atoms with van der Waals surface area (Å²) in [5, 5.41) is 0. The molecule has 0 N–H and O–H groups in total. The first-order chi connectivity index (χ1) is 4.00. The second-order valence-corrected chi connectivity index (χ2v) is 1.22. The van der Waals surface area contributed by atoms with E-state index in [1.165, 1.54) is 0 Å². The first kappa shape index (κ1) is 16.3. The minimum atomic E-state index is -5.17. The van der Waals surface area contributed by atoms with Gasteiger partial charge in [-0.2, -0.15) is 0 Å². The maximum absolute atomic E-state index is 8.52. The minimum Gasteiger partial charge on any atom is -0.759 e. The monoisotopic (exact) mass is 194 g/mol. The molecule has 7 heteroatoms. The standard InChI is InChI=1S/2CH4S.H2O4S/c2*1-2;1-5(2,3)4/h2*2H,1H3;(H2,1,2,3,4). The van der Waals surface area contributed by atoms with E-state index >= 15 is 0 Å². The Labute approximate surface area is 66.1 Å². The quantitative estimate of drug-likeness (QED) is 0.252. The molecule has 0 saturated heterocycles. The summed E-state index contributed by atoms with van der Waals surface area (Å²) in [5.41, 5.74) is 0. The van der Waals surface area contributed by atoms with Crippen molar-refractivity contribution in [3.05, 3.63) is 0 Å². The van der Waals surface area contributed by atoms with Crippen molar-refractivity contribution in [3.8, 4) is 0 Å². The van der Waals surface area contributed by atoms with Gasteiger partial charge >= 0.3 is 0 Å². The van der Waals surface area contributed by atoms with Crippen LogP contribution in [0.5, 0.6) is 0 Å². The number of hydrogen-bond donors (Lipinski definition) is 0. The summed E-state index contributed by atoms with van der Waals surface area (Å²) in [6.45, 7) is 0. The Balaban J connectivity index is -0.0000000771. The van der Waals surface area contributed by atoms with Gasteiger partial charge in [-0.05, 0) is 25.3 Å². The van der Waals surface area contributed by atoms with Crippen LogP contribution in [0.25, 0.3) is 0 Å². The molecule has 0 radical (unpaired) electrons. The van der Waals surface area contributed by atoms with Crippen molar-refractivity contribution < 1.29 is 17.5 Å². The summed E-state index contributed by atoms with van der Waals surface area (Å²) in [6.07, 6.45) is 3.61. The van der Waals surface area contributed by atoms with Crippen LogP contribution in [0.15, 0.2) is 0 Å². The van der Waals surface area contributed by atoms with Crippen molar-refractivity contribution in [1.82, 2.24) is 0 Å². The molecule has 0 aromatic rings. The van der Waals surface area contributed by atoms with Crippen LogP contribution in [0.3, 0.4) is 0 Å². The third-order valence-electron chi connectivity index (χ3n) is 0. The van der Waals surface area contributed by atoms with Gasteiger partial charge in [-0.15, -0.1) is 0 Å². The molecule has 0 fully saturated rings. The van der Waals surface area contributed by atoms with Gasteiger partial charge in [-0.25, -0.2) is 0 Å². The topological polar surface area (TPSA) is 80.3 Å². The smallest absolute Gasteiger partial charge is 0.0929 e. The summed E-state index contributed by atoms with van der Waals surface area (Å²) in [6, 6.07) is 0.